The maximum Gasteiger partial charge on any atom is 0.264 e. The Labute approximate surface area is 210 Å². The Balaban J connectivity index is 1.38. The highest BCUT2D eigenvalue weighted by Crippen LogP contribution is 2.23. The van der Waals surface area contributed by atoms with Gasteiger partial charge in [0.05, 0.1) is 16.8 Å². The lowest BCUT2D eigenvalue weighted by Gasteiger charge is -2.23. The molecule has 36 heavy (non-hydrogen) atoms. The fourth-order valence-corrected chi connectivity index (χ4v) is 4.81. The lowest BCUT2D eigenvalue weighted by molar-refractivity contribution is -0.119. The zero-order chi connectivity index (χ0) is 25.2. The van der Waals surface area contributed by atoms with Gasteiger partial charge < -0.3 is 4.74 Å². The van der Waals surface area contributed by atoms with Crippen LogP contribution in [0.1, 0.15) is 11.1 Å². The van der Waals surface area contributed by atoms with Crippen LogP contribution in [0.15, 0.2) is 125 Å². The molecule has 0 aliphatic rings. The first-order valence-electron chi connectivity index (χ1n) is 11.2. The average Bonchev–Trinajstić information content (AvgIpc) is 2.93. The number of ether oxygens (including phenoxy) is 1. The first kappa shape index (κ1) is 24.7. The maximum absolute atomic E-state index is 13.2. The van der Waals surface area contributed by atoms with Crippen molar-refractivity contribution in [2.24, 2.45) is 5.10 Å². The predicted octanol–water partition coefficient (Wildman–Crippen LogP) is 4.61. The van der Waals surface area contributed by atoms with Crippen LogP contribution in [0.2, 0.25) is 0 Å². The number of amides is 1. The molecule has 0 aromatic heterocycles. The van der Waals surface area contributed by atoms with Crippen molar-refractivity contribution in [3.05, 3.63) is 126 Å². The third kappa shape index (κ3) is 6.58. The van der Waals surface area contributed by atoms with E-state index < -0.39 is 22.5 Å². The Bertz CT molecular complexity index is 1390. The van der Waals surface area contributed by atoms with E-state index in [9.17, 15) is 13.2 Å². The van der Waals surface area contributed by atoms with Crippen molar-refractivity contribution in [1.82, 2.24) is 5.43 Å². The molecule has 8 heteroatoms. The number of hydrazone groups is 1. The highest BCUT2D eigenvalue weighted by molar-refractivity contribution is 7.92. The van der Waals surface area contributed by atoms with E-state index in [4.69, 9.17) is 4.74 Å². The molecule has 0 spiro atoms. The van der Waals surface area contributed by atoms with E-state index in [1.165, 1.54) is 18.3 Å². The van der Waals surface area contributed by atoms with E-state index in [1.807, 2.05) is 54.6 Å². The molecule has 7 nitrogen and oxygen atoms in total. The van der Waals surface area contributed by atoms with Gasteiger partial charge in [0.2, 0.25) is 0 Å². The molecule has 0 bridgehead atoms. The number of carbonyl (C=O) groups is 1. The van der Waals surface area contributed by atoms with Crippen LogP contribution in [0.3, 0.4) is 0 Å². The van der Waals surface area contributed by atoms with Crippen LogP contribution in [0.4, 0.5) is 5.69 Å². The number of hydrogen-bond acceptors (Lipinski definition) is 5. The highest BCUT2D eigenvalue weighted by Gasteiger charge is 2.26. The van der Waals surface area contributed by atoms with Gasteiger partial charge in [0, 0.05) is 0 Å². The fraction of sp³-hybridized carbons (Fsp3) is 0.0714. The molecule has 0 aliphatic heterocycles. The molecule has 0 saturated heterocycles. The Morgan fingerprint density at radius 1 is 0.806 bits per heavy atom. The quantitative estimate of drug-likeness (QED) is 0.255. The van der Waals surface area contributed by atoms with Crippen LogP contribution >= 0.6 is 0 Å². The number of carbonyl (C=O) groups excluding carboxylic acids is 1. The highest BCUT2D eigenvalue weighted by atomic mass is 32.2. The third-order valence-electron chi connectivity index (χ3n) is 5.19. The lowest BCUT2D eigenvalue weighted by atomic mass is 10.2. The predicted molar refractivity (Wildman–Crippen MR) is 140 cm³/mol. The Kier molecular flexibility index (Phi) is 8.10. The van der Waals surface area contributed by atoms with Crippen molar-refractivity contribution in [3.63, 3.8) is 0 Å². The number of nitrogens with one attached hydrogen (secondary N) is 1. The molecule has 0 unspecified atom stereocenters. The van der Waals surface area contributed by atoms with Gasteiger partial charge in [0.25, 0.3) is 15.9 Å². The fourth-order valence-electron chi connectivity index (χ4n) is 3.36. The summed E-state index contributed by atoms with van der Waals surface area (Å²) in [6.45, 7) is 0.0407. The number of hydrogen-bond donors (Lipinski definition) is 1. The summed E-state index contributed by atoms with van der Waals surface area (Å²) in [5.41, 5.74) is 4.61. The van der Waals surface area contributed by atoms with E-state index in [1.54, 1.807) is 48.5 Å². The van der Waals surface area contributed by atoms with Gasteiger partial charge in [-0.1, -0.05) is 66.7 Å². The topological polar surface area (TPSA) is 88.1 Å². The summed E-state index contributed by atoms with van der Waals surface area (Å²) in [5, 5.41) is 3.98. The second kappa shape index (κ2) is 11.8. The minimum atomic E-state index is -3.95. The molecule has 4 aromatic rings. The molecule has 4 aromatic carbocycles. The number of sulfonamides is 1. The molecule has 0 heterocycles. The van der Waals surface area contributed by atoms with Crippen LogP contribution in [-0.4, -0.2) is 27.1 Å². The number of anilines is 1. The second-order valence-corrected chi connectivity index (χ2v) is 9.66. The molecule has 0 fully saturated rings. The van der Waals surface area contributed by atoms with Crippen molar-refractivity contribution in [1.29, 1.82) is 0 Å². The van der Waals surface area contributed by atoms with Crippen molar-refractivity contribution >= 4 is 27.8 Å². The van der Waals surface area contributed by atoms with Gasteiger partial charge in [-0.05, 0) is 59.7 Å². The summed E-state index contributed by atoms with van der Waals surface area (Å²) in [6.07, 6.45) is 1.48. The SMILES string of the molecule is O=C(CN(c1ccccc1)S(=O)(=O)c1ccccc1)N/N=C\c1ccc(OCc2ccccc2)cc1. The number of nitrogens with zero attached hydrogens (tertiary/aromatic N) is 2. The zero-order valence-corrected chi connectivity index (χ0v) is 20.2. The van der Waals surface area contributed by atoms with E-state index in [0.717, 1.165) is 15.4 Å². The number of rotatable bonds is 10. The van der Waals surface area contributed by atoms with Crippen molar-refractivity contribution in [3.8, 4) is 5.75 Å². The molecule has 1 amide bonds. The largest absolute Gasteiger partial charge is 0.489 e. The van der Waals surface area contributed by atoms with E-state index in [-0.39, 0.29) is 4.90 Å². The molecule has 0 atom stereocenters. The molecular weight excluding hydrogens is 474 g/mol. The second-order valence-electron chi connectivity index (χ2n) is 7.80. The molecule has 0 aliphatic carbocycles. The van der Waals surface area contributed by atoms with Gasteiger partial charge in [0.1, 0.15) is 18.9 Å². The minimum absolute atomic E-state index is 0.0970. The number of benzene rings is 4. The standard InChI is InChI=1S/C28H25N3O4S/c32-28(21-31(25-12-6-2-7-13-25)36(33,34)27-14-8-3-9-15-27)30-29-20-23-16-18-26(19-17-23)35-22-24-10-4-1-5-11-24/h1-20H,21-22H2,(H,30,32)/b29-20-. The maximum atomic E-state index is 13.2. The summed E-state index contributed by atoms with van der Waals surface area (Å²) >= 11 is 0. The minimum Gasteiger partial charge on any atom is -0.489 e. The Morgan fingerprint density at radius 3 is 2.03 bits per heavy atom. The first-order valence-corrected chi connectivity index (χ1v) is 12.7. The van der Waals surface area contributed by atoms with Gasteiger partial charge in [-0.2, -0.15) is 5.10 Å². The van der Waals surface area contributed by atoms with E-state index >= 15 is 0 Å². The van der Waals surface area contributed by atoms with Crippen LogP contribution in [0, 0.1) is 0 Å². The molecular formula is C28H25N3O4S. The van der Waals surface area contributed by atoms with Crippen molar-refractivity contribution in [2.45, 2.75) is 11.5 Å². The molecule has 0 saturated carbocycles. The molecule has 1 N–H and O–H groups in total. The Hall–Kier alpha value is -4.43. The van der Waals surface area contributed by atoms with Gasteiger partial charge in [-0.3, -0.25) is 9.10 Å². The number of para-hydroxylation sites is 1. The van der Waals surface area contributed by atoms with Gasteiger partial charge in [0.15, 0.2) is 0 Å². The van der Waals surface area contributed by atoms with Crippen molar-refractivity contribution in [2.75, 3.05) is 10.8 Å². The van der Waals surface area contributed by atoms with Gasteiger partial charge in [-0.25, -0.2) is 13.8 Å². The molecule has 0 radical (unpaired) electrons. The average molecular weight is 500 g/mol. The summed E-state index contributed by atoms with van der Waals surface area (Å²) < 4.78 is 33.3. The van der Waals surface area contributed by atoms with Crippen LogP contribution in [0.5, 0.6) is 5.75 Å². The summed E-state index contributed by atoms with van der Waals surface area (Å²) in [5.74, 6) is 0.141. The van der Waals surface area contributed by atoms with Crippen LogP contribution in [-0.2, 0) is 21.4 Å². The third-order valence-corrected chi connectivity index (χ3v) is 6.98. The Morgan fingerprint density at radius 2 is 1.39 bits per heavy atom. The normalized spacial score (nSPS) is 11.2. The molecule has 182 valence electrons. The summed E-state index contributed by atoms with van der Waals surface area (Å²) in [4.78, 5) is 12.7. The van der Waals surface area contributed by atoms with Crippen LogP contribution < -0.4 is 14.5 Å². The van der Waals surface area contributed by atoms with Gasteiger partial charge >= 0.3 is 0 Å². The summed E-state index contributed by atoms with van der Waals surface area (Å²) in [6, 6.07) is 33.6. The van der Waals surface area contributed by atoms with Gasteiger partial charge in [-0.15, -0.1) is 0 Å². The van der Waals surface area contributed by atoms with Crippen LogP contribution in [0.25, 0.3) is 0 Å². The summed E-state index contributed by atoms with van der Waals surface area (Å²) in [7, 11) is -3.95. The van der Waals surface area contributed by atoms with E-state index in [0.29, 0.717) is 18.0 Å². The van der Waals surface area contributed by atoms with Crippen molar-refractivity contribution < 1.29 is 17.9 Å². The smallest absolute Gasteiger partial charge is 0.264 e. The monoisotopic (exact) mass is 499 g/mol. The lowest BCUT2D eigenvalue weighted by Crippen LogP contribution is -2.39. The zero-order valence-electron chi connectivity index (χ0n) is 19.4. The molecule has 4 rings (SSSR count). The van der Waals surface area contributed by atoms with E-state index in [2.05, 4.69) is 10.5 Å². The first-order chi connectivity index (χ1) is 17.5.